The molecule has 0 saturated carbocycles. The summed E-state index contributed by atoms with van der Waals surface area (Å²) in [5.74, 6) is 1.32. The van der Waals surface area contributed by atoms with Crippen LogP contribution in [0.3, 0.4) is 0 Å². The van der Waals surface area contributed by atoms with E-state index in [0.717, 1.165) is 41.2 Å². The molecule has 0 radical (unpaired) electrons. The first-order valence-electron chi connectivity index (χ1n) is 13.1. The van der Waals surface area contributed by atoms with Gasteiger partial charge in [0.1, 0.15) is 5.82 Å². The summed E-state index contributed by atoms with van der Waals surface area (Å²) in [6, 6.07) is 19.8. The molecule has 2 N–H and O–H groups in total. The summed E-state index contributed by atoms with van der Waals surface area (Å²) in [6.07, 6.45) is 7.65. The number of pyridine rings is 1. The van der Waals surface area contributed by atoms with E-state index in [1.54, 1.807) is 18.6 Å². The molecule has 5 rings (SSSR count). The molecule has 6 heteroatoms. The molecule has 4 aromatic rings. The van der Waals surface area contributed by atoms with Crippen LogP contribution in [-0.4, -0.2) is 44.0 Å². The summed E-state index contributed by atoms with van der Waals surface area (Å²) < 4.78 is 0. The van der Waals surface area contributed by atoms with Gasteiger partial charge in [-0.1, -0.05) is 43.0 Å². The van der Waals surface area contributed by atoms with Gasteiger partial charge < -0.3 is 10.6 Å². The molecule has 2 aromatic heterocycles. The molecule has 1 aliphatic heterocycles. The molecule has 1 unspecified atom stereocenters. The van der Waals surface area contributed by atoms with Crippen LogP contribution in [0.1, 0.15) is 42.0 Å². The average Bonchev–Trinajstić information content (AvgIpc) is 3.41. The number of likely N-dealkylation sites (tertiary alicyclic amines) is 1. The maximum atomic E-state index is 5.13. The van der Waals surface area contributed by atoms with Crippen molar-refractivity contribution in [2.24, 2.45) is 0 Å². The number of anilines is 2. The monoisotopic (exact) mass is 494 g/mol. The zero-order valence-corrected chi connectivity index (χ0v) is 22.2. The summed E-state index contributed by atoms with van der Waals surface area (Å²) in [6.45, 7) is 14.1. The van der Waals surface area contributed by atoms with E-state index in [1.807, 2.05) is 12.1 Å². The molecule has 6 nitrogen and oxygen atoms in total. The number of aromatic nitrogens is 3. The van der Waals surface area contributed by atoms with E-state index < -0.39 is 0 Å². The zero-order chi connectivity index (χ0) is 26.0. The lowest BCUT2D eigenvalue weighted by Gasteiger charge is -2.40. The SMILES string of the molecule is C=CNc1nc(NC(C)(C)C2CCCN2C(C)C)nc(-c2ccncc2)c1-c1ccc2ccccc2c1.[HH]. The standard InChI is InChI=1S/C31H36N6.H2/c1-6-33-29-27(25-14-13-22-10-7-8-11-24(22)20-25)28(23-15-17-32-18-16-23)34-30(35-29)36-31(4,5)26-12-9-19-37(26)21(2)3;/h6-8,10-11,13-18,20-21,26H,1,9,12,19H2,2-5H3,(H2,33,34,35,36);1H. The second-order valence-electron chi connectivity index (χ2n) is 10.6. The van der Waals surface area contributed by atoms with Crippen molar-refractivity contribution in [1.82, 2.24) is 19.9 Å². The molecule has 1 saturated heterocycles. The van der Waals surface area contributed by atoms with Crippen molar-refractivity contribution in [2.75, 3.05) is 17.2 Å². The van der Waals surface area contributed by atoms with Crippen molar-refractivity contribution >= 4 is 22.5 Å². The van der Waals surface area contributed by atoms with Crippen LogP contribution in [0.5, 0.6) is 0 Å². The second-order valence-corrected chi connectivity index (χ2v) is 10.6. The molecule has 37 heavy (non-hydrogen) atoms. The van der Waals surface area contributed by atoms with E-state index >= 15 is 0 Å². The Kier molecular flexibility index (Phi) is 6.94. The van der Waals surface area contributed by atoms with Gasteiger partial charge in [0, 0.05) is 31.5 Å². The van der Waals surface area contributed by atoms with Gasteiger partial charge in [-0.15, -0.1) is 0 Å². The van der Waals surface area contributed by atoms with Crippen molar-refractivity contribution in [1.29, 1.82) is 0 Å². The van der Waals surface area contributed by atoms with Crippen LogP contribution < -0.4 is 10.6 Å². The van der Waals surface area contributed by atoms with Gasteiger partial charge in [0.15, 0.2) is 0 Å². The third-order valence-corrected chi connectivity index (χ3v) is 7.36. The van der Waals surface area contributed by atoms with Crippen LogP contribution >= 0.6 is 0 Å². The fourth-order valence-electron chi connectivity index (χ4n) is 5.61. The molecule has 2 aromatic carbocycles. The lowest BCUT2D eigenvalue weighted by molar-refractivity contribution is 0.156. The highest BCUT2D eigenvalue weighted by Gasteiger charge is 2.39. The number of rotatable bonds is 8. The van der Waals surface area contributed by atoms with E-state index in [4.69, 9.17) is 9.97 Å². The van der Waals surface area contributed by atoms with Crippen molar-refractivity contribution in [2.45, 2.75) is 58.2 Å². The highest BCUT2D eigenvalue weighted by Crippen LogP contribution is 2.39. The van der Waals surface area contributed by atoms with Gasteiger partial charge in [0.25, 0.3) is 0 Å². The smallest absolute Gasteiger partial charge is 0.225 e. The molecule has 1 atom stereocenters. The quantitative estimate of drug-likeness (QED) is 0.269. The normalized spacial score (nSPS) is 16.3. The Bertz CT molecular complexity index is 1400. The first kappa shape index (κ1) is 24.9. The summed E-state index contributed by atoms with van der Waals surface area (Å²) in [5, 5.41) is 9.38. The van der Waals surface area contributed by atoms with Gasteiger partial charge in [-0.2, -0.15) is 4.98 Å². The molecular formula is C31H38N6. The lowest BCUT2D eigenvalue weighted by Crippen LogP contribution is -2.53. The molecule has 0 spiro atoms. The van der Waals surface area contributed by atoms with Gasteiger partial charge in [0.2, 0.25) is 5.95 Å². The molecule has 3 heterocycles. The number of nitrogens with zero attached hydrogens (tertiary/aromatic N) is 4. The Hall–Kier alpha value is -3.77. The fourth-order valence-corrected chi connectivity index (χ4v) is 5.61. The number of benzene rings is 2. The van der Waals surface area contributed by atoms with E-state index in [1.165, 1.54) is 17.2 Å². The van der Waals surface area contributed by atoms with Crippen LogP contribution in [0.2, 0.25) is 0 Å². The highest BCUT2D eigenvalue weighted by molar-refractivity contribution is 5.94. The number of hydrogen-bond acceptors (Lipinski definition) is 6. The predicted octanol–water partition coefficient (Wildman–Crippen LogP) is 7.22. The Morgan fingerprint density at radius 2 is 1.78 bits per heavy atom. The number of hydrogen-bond donors (Lipinski definition) is 2. The van der Waals surface area contributed by atoms with Crippen LogP contribution in [0.4, 0.5) is 11.8 Å². The van der Waals surface area contributed by atoms with E-state index in [0.29, 0.717) is 18.0 Å². The second kappa shape index (κ2) is 10.3. The van der Waals surface area contributed by atoms with E-state index in [2.05, 4.69) is 97.3 Å². The molecule has 0 aliphatic carbocycles. The Morgan fingerprint density at radius 3 is 2.51 bits per heavy atom. The molecule has 0 amide bonds. The largest absolute Gasteiger partial charge is 0.348 e. The number of nitrogens with one attached hydrogen (secondary N) is 2. The first-order chi connectivity index (χ1) is 17.9. The maximum Gasteiger partial charge on any atom is 0.225 e. The molecular weight excluding hydrogens is 456 g/mol. The van der Waals surface area contributed by atoms with Crippen LogP contribution in [0.15, 0.2) is 79.8 Å². The average molecular weight is 495 g/mol. The van der Waals surface area contributed by atoms with Crippen molar-refractivity contribution in [3.63, 3.8) is 0 Å². The lowest BCUT2D eigenvalue weighted by atomic mass is 9.92. The minimum Gasteiger partial charge on any atom is -0.348 e. The highest BCUT2D eigenvalue weighted by atomic mass is 15.3. The summed E-state index contributed by atoms with van der Waals surface area (Å²) in [7, 11) is 0. The van der Waals surface area contributed by atoms with Crippen LogP contribution in [-0.2, 0) is 0 Å². The molecule has 1 fully saturated rings. The van der Waals surface area contributed by atoms with Gasteiger partial charge in [0.05, 0.1) is 16.8 Å². The maximum absolute atomic E-state index is 5.13. The van der Waals surface area contributed by atoms with Crippen LogP contribution in [0.25, 0.3) is 33.2 Å². The Morgan fingerprint density at radius 1 is 1.03 bits per heavy atom. The molecule has 192 valence electrons. The minimum absolute atomic E-state index is 0. The van der Waals surface area contributed by atoms with Crippen molar-refractivity contribution < 1.29 is 1.43 Å². The topological polar surface area (TPSA) is 66.0 Å². The Balaban J connectivity index is 0.00000336. The van der Waals surface area contributed by atoms with Gasteiger partial charge in [-0.3, -0.25) is 9.88 Å². The van der Waals surface area contributed by atoms with Gasteiger partial charge in [-0.05, 0) is 87.8 Å². The third-order valence-electron chi connectivity index (χ3n) is 7.36. The number of fused-ring (bicyclic) bond motifs is 1. The summed E-state index contributed by atoms with van der Waals surface area (Å²) in [5.41, 5.74) is 3.60. The van der Waals surface area contributed by atoms with Gasteiger partial charge >= 0.3 is 0 Å². The first-order valence-corrected chi connectivity index (χ1v) is 13.1. The Labute approximate surface area is 221 Å². The summed E-state index contributed by atoms with van der Waals surface area (Å²) in [4.78, 5) is 16.9. The van der Waals surface area contributed by atoms with Crippen molar-refractivity contribution in [3.05, 3.63) is 79.8 Å². The molecule has 1 aliphatic rings. The van der Waals surface area contributed by atoms with Gasteiger partial charge in [-0.25, -0.2) is 4.98 Å². The van der Waals surface area contributed by atoms with E-state index in [9.17, 15) is 0 Å². The fraction of sp³-hybridized carbons (Fsp3) is 0.323. The summed E-state index contributed by atoms with van der Waals surface area (Å²) >= 11 is 0. The van der Waals surface area contributed by atoms with Crippen LogP contribution in [0, 0.1) is 0 Å². The van der Waals surface area contributed by atoms with Crippen molar-refractivity contribution in [3.8, 4) is 22.4 Å². The predicted molar refractivity (Wildman–Crippen MR) is 157 cm³/mol. The van der Waals surface area contributed by atoms with E-state index in [-0.39, 0.29) is 6.97 Å². The third kappa shape index (κ3) is 5.07. The zero-order valence-electron chi connectivity index (χ0n) is 22.2. The molecule has 0 bridgehead atoms. The minimum atomic E-state index is -0.216.